The molecule has 3 N–H and O–H groups in total. The van der Waals surface area contributed by atoms with Gasteiger partial charge in [0.2, 0.25) is 0 Å². The van der Waals surface area contributed by atoms with Gasteiger partial charge in [0.05, 0.1) is 11.7 Å². The van der Waals surface area contributed by atoms with Gasteiger partial charge in [0, 0.05) is 11.1 Å². The SMILES string of the molecule is C#CC(CCC)NC(=O)c1sc2nc(C)cc(C)c2c1N. The number of nitrogen functional groups attached to an aromatic ring is 1. The zero-order valence-electron chi connectivity index (χ0n) is 12.5. The fourth-order valence-corrected chi connectivity index (χ4v) is 3.47. The Labute approximate surface area is 128 Å². The molecule has 0 radical (unpaired) electrons. The molecule has 0 saturated carbocycles. The van der Waals surface area contributed by atoms with Crippen molar-refractivity contribution < 1.29 is 4.79 Å². The molecule has 0 fully saturated rings. The number of hydrogen-bond acceptors (Lipinski definition) is 4. The first-order valence-corrected chi connectivity index (χ1v) is 7.72. The minimum atomic E-state index is -0.261. The molecule has 5 heteroatoms. The molecule has 0 aliphatic rings. The van der Waals surface area contributed by atoms with Gasteiger partial charge in [0.15, 0.2) is 0 Å². The quantitative estimate of drug-likeness (QED) is 0.853. The van der Waals surface area contributed by atoms with E-state index in [0.29, 0.717) is 10.6 Å². The number of fused-ring (bicyclic) bond motifs is 1. The molecule has 2 aromatic rings. The summed E-state index contributed by atoms with van der Waals surface area (Å²) in [6.45, 7) is 5.93. The molecule has 2 aromatic heterocycles. The Morgan fingerprint density at radius 1 is 1.57 bits per heavy atom. The van der Waals surface area contributed by atoms with Crippen molar-refractivity contribution in [3.63, 3.8) is 0 Å². The lowest BCUT2D eigenvalue weighted by Crippen LogP contribution is -2.33. The second kappa shape index (κ2) is 6.15. The highest BCUT2D eigenvalue weighted by Crippen LogP contribution is 2.34. The number of aryl methyl sites for hydroxylation is 2. The first kappa shape index (κ1) is 15.3. The molecule has 0 aliphatic carbocycles. The van der Waals surface area contributed by atoms with Crippen molar-refractivity contribution in [2.75, 3.05) is 5.73 Å². The topological polar surface area (TPSA) is 68.0 Å². The number of carbonyl (C=O) groups excluding carboxylic acids is 1. The second-order valence-electron chi connectivity index (χ2n) is 5.09. The van der Waals surface area contributed by atoms with Crippen LogP contribution in [-0.2, 0) is 0 Å². The Morgan fingerprint density at radius 3 is 2.90 bits per heavy atom. The van der Waals surface area contributed by atoms with E-state index in [1.165, 1.54) is 11.3 Å². The van der Waals surface area contributed by atoms with Crippen LogP contribution in [0, 0.1) is 26.2 Å². The minimum Gasteiger partial charge on any atom is -0.397 e. The normalized spacial score (nSPS) is 12.1. The molecule has 110 valence electrons. The Kier molecular flexibility index (Phi) is 4.49. The van der Waals surface area contributed by atoms with Gasteiger partial charge in [-0.15, -0.1) is 17.8 Å². The Hall–Kier alpha value is -2.06. The van der Waals surface area contributed by atoms with E-state index in [1.807, 2.05) is 26.8 Å². The van der Waals surface area contributed by atoms with Gasteiger partial charge < -0.3 is 11.1 Å². The number of nitrogens with two attached hydrogens (primary N) is 1. The number of carbonyl (C=O) groups is 1. The fraction of sp³-hybridized carbons (Fsp3) is 0.375. The van der Waals surface area contributed by atoms with E-state index < -0.39 is 0 Å². The predicted molar refractivity (Wildman–Crippen MR) is 88.5 cm³/mol. The van der Waals surface area contributed by atoms with Crippen LogP contribution < -0.4 is 11.1 Å². The van der Waals surface area contributed by atoms with Crippen LogP contribution in [0.1, 0.15) is 40.7 Å². The summed E-state index contributed by atoms with van der Waals surface area (Å²) < 4.78 is 0. The molecule has 0 aromatic carbocycles. The number of pyridine rings is 1. The number of terminal acetylenes is 1. The molecule has 0 spiro atoms. The summed E-state index contributed by atoms with van der Waals surface area (Å²) in [6.07, 6.45) is 7.10. The van der Waals surface area contributed by atoms with E-state index in [9.17, 15) is 4.79 Å². The molecule has 2 rings (SSSR count). The Balaban J connectivity index is 2.39. The lowest BCUT2D eigenvalue weighted by atomic mass is 10.1. The van der Waals surface area contributed by atoms with E-state index in [2.05, 4.69) is 16.2 Å². The maximum absolute atomic E-state index is 12.4. The molecule has 4 nitrogen and oxygen atoms in total. The van der Waals surface area contributed by atoms with Gasteiger partial charge in [-0.2, -0.15) is 0 Å². The molecule has 2 heterocycles. The number of thiophene rings is 1. The predicted octanol–water partition coefficient (Wildman–Crippen LogP) is 3.03. The number of anilines is 1. The third-order valence-electron chi connectivity index (χ3n) is 3.31. The van der Waals surface area contributed by atoms with Crippen molar-refractivity contribution in [2.45, 2.75) is 39.7 Å². The highest BCUT2D eigenvalue weighted by Gasteiger charge is 2.20. The van der Waals surface area contributed by atoms with Crippen molar-refractivity contribution in [3.05, 3.63) is 22.2 Å². The first-order chi connectivity index (χ1) is 9.97. The Morgan fingerprint density at radius 2 is 2.29 bits per heavy atom. The summed E-state index contributed by atoms with van der Waals surface area (Å²) in [7, 11) is 0. The average Bonchev–Trinajstić information content (AvgIpc) is 2.75. The smallest absolute Gasteiger partial charge is 0.264 e. The van der Waals surface area contributed by atoms with Crippen LogP contribution in [0.2, 0.25) is 0 Å². The summed E-state index contributed by atoms with van der Waals surface area (Å²) in [5.74, 6) is 2.38. The van der Waals surface area contributed by atoms with Crippen molar-refractivity contribution in [2.24, 2.45) is 0 Å². The standard InChI is InChI=1S/C16H19N3OS/c1-5-7-11(6-2)19-15(20)14-13(17)12-9(3)8-10(4)18-16(12)21-14/h2,8,11H,5,7,17H2,1,3-4H3,(H,19,20). The van der Waals surface area contributed by atoms with Crippen LogP contribution >= 0.6 is 11.3 Å². The van der Waals surface area contributed by atoms with Gasteiger partial charge in [-0.05, 0) is 31.9 Å². The third-order valence-corrected chi connectivity index (χ3v) is 4.41. The highest BCUT2D eigenvalue weighted by atomic mass is 32.1. The van der Waals surface area contributed by atoms with Gasteiger partial charge in [0.1, 0.15) is 9.71 Å². The van der Waals surface area contributed by atoms with Crippen molar-refractivity contribution >= 4 is 33.1 Å². The van der Waals surface area contributed by atoms with E-state index >= 15 is 0 Å². The van der Waals surface area contributed by atoms with Crippen LogP contribution in [0.25, 0.3) is 10.2 Å². The van der Waals surface area contributed by atoms with Crippen molar-refractivity contribution in [1.82, 2.24) is 10.3 Å². The molecule has 0 aliphatic heterocycles. The van der Waals surface area contributed by atoms with Crippen LogP contribution in [-0.4, -0.2) is 16.9 Å². The van der Waals surface area contributed by atoms with E-state index in [0.717, 1.165) is 34.3 Å². The monoisotopic (exact) mass is 301 g/mol. The van der Waals surface area contributed by atoms with E-state index in [-0.39, 0.29) is 11.9 Å². The maximum Gasteiger partial charge on any atom is 0.264 e. The molecule has 0 bridgehead atoms. The fourth-order valence-electron chi connectivity index (χ4n) is 2.35. The van der Waals surface area contributed by atoms with E-state index in [1.54, 1.807) is 0 Å². The van der Waals surface area contributed by atoms with Gasteiger partial charge in [-0.25, -0.2) is 4.98 Å². The number of nitrogens with one attached hydrogen (secondary N) is 1. The van der Waals surface area contributed by atoms with E-state index in [4.69, 9.17) is 12.2 Å². The second-order valence-corrected chi connectivity index (χ2v) is 6.09. The molecular formula is C16H19N3OS. The summed E-state index contributed by atoms with van der Waals surface area (Å²) >= 11 is 1.31. The third kappa shape index (κ3) is 3.01. The Bertz CT molecular complexity index is 727. The average molecular weight is 301 g/mol. The molecule has 1 unspecified atom stereocenters. The van der Waals surface area contributed by atoms with Crippen LogP contribution in [0.4, 0.5) is 5.69 Å². The first-order valence-electron chi connectivity index (χ1n) is 6.91. The van der Waals surface area contributed by atoms with Crippen molar-refractivity contribution in [3.8, 4) is 12.3 Å². The maximum atomic E-state index is 12.4. The van der Waals surface area contributed by atoms with Gasteiger partial charge in [0.25, 0.3) is 5.91 Å². The highest BCUT2D eigenvalue weighted by molar-refractivity contribution is 7.21. The van der Waals surface area contributed by atoms with Gasteiger partial charge in [-0.1, -0.05) is 19.3 Å². The lowest BCUT2D eigenvalue weighted by molar-refractivity contribution is 0.0949. The zero-order valence-corrected chi connectivity index (χ0v) is 13.3. The number of aromatic nitrogens is 1. The number of nitrogens with zero attached hydrogens (tertiary/aromatic N) is 1. The summed E-state index contributed by atoms with van der Waals surface area (Å²) in [5.41, 5.74) is 8.58. The minimum absolute atomic E-state index is 0.219. The lowest BCUT2D eigenvalue weighted by Gasteiger charge is -2.11. The molecule has 1 atom stereocenters. The zero-order chi connectivity index (χ0) is 15.6. The van der Waals surface area contributed by atoms with Crippen LogP contribution in [0.3, 0.4) is 0 Å². The molecule has 1 amide bonds. The number of hydrogen-bond donors (Lipinski definition) is 2. The molecule has 0 saturated heterocycles. The van der Waals surface area contributed by atoms with Crippen LogP contribution in [0.5, 0.6) is 0 Å². The van der Waals surface area contributed by atoms with Crippen molar-refractivity contribution in [1.29, 1.82) is 0 Å². The number of amides is 1. The summed E-state index contributed by atoms with van der Waals surface area (Å²) in [5, 5.41) is 3.71. The number of rotatable bonds is 4. The molecular weight excluding hydrogens is 282 g/mol. The van der Waals surface area contributed by atoms with Gasteiger partial charge in [-0.3, -0.25) is 4.79 Å². The summed E-state index contributed by atoms with van der Waals surface area (Å²) in [4.78, 5) is 18.1. The van der Waals surface area contributed by atoms with Gasteiger partial charge >= 0.3 is 0 Å². The summed E-state index contributed by atoms with van der Waals surface area (Å²) in [6, 6.07) is 1.71. The van der Waals surface area contributed by atoms with Crippen LogP contribution in [0.15, 0.2) is 6.07 Å². The molecule has 21 heavy (non-hydrogen) atoms. The largest absolute Gasteiger partial charge is 0.397 e.